The molecule has 0 bridgehead atoms. The van der Waals surface area contributed by atoms with Crippen LogP contribution in [0.5, 0.6) is 0 Å². The fourth-order valence-corrected chi connectivity index (χ4v) is 2.75. The van der Waals surface area contributed by atoms with Crippen molar-refractivity contribution in [1.82, 2.24) is 15.3 Å². The Bertz CT molecular complexity index is 399. The molecule has 3 rings (SSSR count). The Morgan fingerprint density at radius 3 is 2.84 bits per heavy atom. The van der Waals surface area contributed by atoms with E-state index in [4.69, 9.17) is 0 Å². The Morgan fingerprint density at radius 2 is 2.16 bits per heavy atom. The van der Waals surface area contributed by atoms with Gasteiger partial charge in [-0.2, -0.15) is 0 Å². The number of hydrogen-bond donors (Lipinski definition) is 1. The lowest BCUT2D eigenvalue weighted by Crippen LogP contribution is -2.35. The number of anilines is 1. The summed E-state index contributed by atoms with van der Waals surface area (Å²) in [6, 6.07) is 0.730. The number of nitrogens with zero attached hydrogens (tertiary/aromatic N) is 3. The SMILES string of the molecule is CCC1CCCN(c2cnc(CNC3CC3)cn2)C1. The van der Waals surface area contributed by atoms with Crippen LogP contribution in [-0.4, -0.2) is 29.1 Å². The molecular weight excluding hydrogens is 236 g/mol. The molecule has 2 fully saturated rings. The molecule has 1 unspecified atom stereocenters. The van der Waals surface area contributed by atoms with Gasteiger partial charge < -0.3 is 10.2 Å². The molecule has 1 saturated carbocycles. The molecule has 0 spiro atoms. The van der Waals surface area contributed by atoms with Crippen molar-refractivity contribution in [3.8, 4) is 0 Å². The summed E-state index contributed by atoms with van der Waals surface area (Å²) < 4.78 is 0. The first-order valence-electron chi connectivity index (χ1n) is 7.64. The van der Waals surface area contributed by atoms with Crippen LogP contribution in [0.15, 0.2) is 12.4 Å². The second kappa shape index (κ2) is 5.87. The van der Waals surface area contributed by atoms with Gasteiger partial charge in [0.05, 0.1) is 18.1 Å². The molecule has 1 aliphatic carbocycles. The van der Waals surface area contributed by atoms with E-state index in [2.05, 4.69) is 27.1 Å². The molecule has 1 aromatic rings. The maximum absolute atomic E-state index is 4.59. The lowest BCUT2D eigenvalue weighted by Gasteiger charge is -2.32. The lowest BCUT2D eigenvalue weighted by atomic mass is 9.96. The van der Waals surface area contributed by atoms with Gasteiger partial charge in [0.25, 0.3) is 0 Å². The van der Waals surface area contributed by atoms with Crippen LogP contribution in [0.1, 0.15) is 44.7 Å². The minimum atomic E-state index is 0.730. The largest absolute Gasteiger partial charge is 0.355 e. The summed E-state index contributed by atoms with van der Waals surface area (Å²) in [7, 11) is 0. The van der Waals surface area contributed by atoms with Gasteiger partial charge in [-0.25, -0.2) is 4.98 Å². The predicted octanol–water partition coefficient (Wildman–Crippen LogP) is 2.36. The number of aromatic nitrogens is 2. The first-order chi connectivity index (χ1) is 9.35. The van der Waals surface area contributed by atoms with Gasteiger partial charge in [0.2, 0.25) is 0 Å². The Morgan fingerprint density at radius 1 is 1.26 bits per heavy atom. The van der Waals surface area contributed by atoms with E-state index in [-0.39, 0.29) is 0 Å². The fourth-order valence-electron chi connectivity index (χ4n) is 2.75. The van der Waals surface area contributed by atoms with Gasteiger partial charge in [-0.15, -0.1) is 0 Å². The van der Waals surface area contributed by atoms with Crippen LogP contribution in [-0.2, 0) is 6.54 Å². The molecule has 1 aliphatic heterocycles. The summed E-state index contributed by atoms with van der Waals surface area (Å²) in [4.78, 5) is 11.5. The van der Waals surface area contributed by atoms with Crippen LogP contribution >= 0.6 is 0 Å². The highest BCUT2D eigenvalue weighted by molar-refractivity contribution is 5.36. The second-order valence-corrected chi connectivity index (χ2v) is 5.88. The van der Waals surface area contributed by atoms with Crippen molar-refractivity contribution in [2.24, 2.45) is 5.92 Å². The van der Waals surface area contributed by atoms with E-state index in [1.165, 1.54) is 32.1 Å². The highest BCUT2D eigenvalue weighted by atomic mass is 15.2. The van der Waals surface area contributed by atoms with E-state index in [0.717, 1.165) is 43.1 Å². The summed E-state index contributed by atoms with van der Waals surface area (Å²) in [6.07, 6.45) is 10.4. The summed E-state index contributed by atoms with van der Waals surface area (Å²) >= 11 is 0. The molecule has 0 aromatic carbocycles. The minimum Gasteiger partial charge on any atom is -0.355 e. The zero-order chi connectivity index (χ0) is 13.1. The van der Waals surface area contributed by atoms with Crippen LogP contribution < -0.4 is 10.2 Å². The molecule has 2 heterocycles. The van der Waals surface area contributed by atoms with Crippen LogP contribution in [0.2, 0.25) is 0 Å². The van der Waals surface area contributed by atoms with E-state index in [1.54, 1.807) is 0 Å². The third-order valence-corrected chi connectivity index (χ3v) is 4.26. The molecule has 1 saturated heterocycles. The van der Waals surface area contributed by atoms with E-state index in [1.807, 2.05) is 12.4 Å². The van der Waals surface area contributed by atoms with Gasteiger partial charge in [-0.05, 0) is 31.6 Å². The van der Waals surface area contributed by atoms with Crippen molar-refractivity contribution in [3.05, 3.63) is 18.1 Å². The van der Waals surface area contributed by atoms with Crippen molar-refractivity contribution in [2.75, 3.05) is 18.0 Å². The maximum atomic E-state index is 4.59. The summed E-state index contributed by atoms with van der Waals surface area (Å²) in [5.41, 5.74) is 1.06. The van der Waals surface area contributed by atoms with Crippen LogP contribution in [0.3, 0.4) is 0 Å². The average Bonchev–Trinajstić information content (AvgIpc) is 3.30. The normalized spacial score (nSPS) is 23.6. The van der Waals surface area contributed by atoms with E-state index in [9.17, 15) is 0 Å². The quantitative estimate of drug-likeness (QED) is 0.882. The summed E-state index contributed by atoms with van der Waals surface area (Å²) in [5, 5.41) is 3.47. The number of hydrogen-bond acceptors (Lipinski definition) is 4. The molecule has 0 amide bonds. The molecule has 1 atom stereocenters. The average molecular weight is 260 g/mol. The van der Waals surface area contributed by atoms with Gasteiger partial charge >= 0.3 is 0 Å². The third-order valence-electron chi connectivity index (χ3n) is 4.26. The zero-order valence-corrected chi connectivity index (χ0v) is 11.8. The Balaban J connectivity index is 1.57. The topological polar surface area (TPSA) is 41.1 Å². The standard InChI is InChI=1S/C15H24N4/c1-2-12-4-3-7-19(11-12)15-10-17-14(9-18-15)8-16-13-5-6-13/h9-10,12-13,16H,2-8,11H2,1H3. The molecule has 1 N–H and O–H groups in total. The van der Waals surface area contributed by atoms with Crippen molar-refractivity contribution in [1.29, 1.82) is 0 Å². The predicted molar refractivity (Wildman–Crippen MR) is 77.1 cm³/mol. The summed E-state index contributed by atoms with van der Waals surface area (Å²) in [5.74, 6) is 1.88. The highest BCUT2D eigenvalue weighted by Gasteiger charge is 2.21. The molecule has 4 heteroatoms. The monoisotopic (exact) mass is 260 g/mol. The molecule has 104 valence electrons. The van der Waals surface area contributed by atoms with Crippen molar-refractivity contribution >= 4 is 5.82 Å². The van der Waals surface area contributed by atoms with Crippen molar-refractivity contribution in [3.63, 3.8) is 0 Å². The Kier molecular flexibility index (Phi) is 3.97. The van der Waals surface area contributed by atoms with Gasteiger partial charge in [0.1, 0.15) is 5.82 Å². The van der Waals surface area contributed by atoms with Gasteiger partial charge in [0, 0.05) is 25.7 Å². The van der Waals surface area contributed by atoms with E-state index in [0.29, 0.717) is 0 Å². The molecular formula is C15H24N4. The molecule has 0 radical (unpaired) electrons. The number of nitrogens with one attached hydrogen (secondary N) is 1. The second-order valence-electron chi connectivity index (χ2n) is 5.88. The highest BCUT2D eigenvalue weighted by Crippen LogP contribution is 2.23. The molecule has 1 aromatic heterocycles. The zero-order valence-electron chi connectivity index (χ0n) is 11.8. The van der Waals surface area contributed by atoms with E-state index >= 15 is 0 Å². The van der Waals surface area contributed by atoms with Gasteiger partial charge in [0.15, 0.2) is 0 Å². The molecule has 19 heavy (non-hydrogen) atoms. The first kappa shape index (κ1) is 12.9. The fraction of sp³-hybridized carbons (Fsp3) is 0.733. The van der Waals surface area contributed by atoms with Gasteiger partial charge in [-0.1, -0.05) is 13.3 Å². The first-order valence-corrected chi connectivity index (χ1v) is 7.64. The summed E-state index contributed by atoms with van der Waals surface area (Å²) in [6.45, 7) is 5.41. The molecule has 2 aliphatic rings. The van der Waals surface area contributed by atoms with Crippen molar-refractivity contribution < 1.29 is 0 Å². The lowest BCUT2D eigenvalue weighted by molar-refractivity contribution is 0.402. The van der Waals surface area contributed by atoms with Gasteiger partial charge in [-0.3, -0.25) is 4.98 Å². The smallest absolute Gasteiger partial charge is 0.147 e. The number of rotatable bonds is 5. The number of piperidine rings is 1. The minimum absolute atomic E-state index is 0.730. The Hall–Kier alpha value is -1.16. The van der Waals surface area contributed by atoms with Crippen LogP contribution in [0, 0.1) is 5.92 Å². The van der Waals surface area contributed by atoms with E-state index < -0.39 is 0 Å². The molecule has 4 nitrogen and oxygen atoms in total. The maximum Gasteiger partial charge on any atom is 0.147 e. The van der Waals surface area contributed by atoms with Crippen molar-refractivity contribution in [2.45, 2.75) is 51.6 Å². The Labute approximate surface area is 115 Å². The van der Waals surface area contributed by atoms with Crippen LogP contribution in [0.4, 0.5) is 5.82 Å². The van der Waals surface area contributed by atoms with Crippen LogP contribution in [0.25, 0.3) is 0 Å². The third kappa shape index (κ3) is 3.44.